The molecule has 0 radical (unpaired) electrons. The standard InChI is InChI=1S/C21H21FN2O4/c1-27-19-8-6-15(14-17(19)22)7-9-20(25)23-18-5-3-2-4-16(18)21(26)24-10-12-28-13-11-24/h2-9,14H,10-13H2,1H3,(H,23,25)/b9-7+. The van der Waals surface area contributed by atoms with Crippen LogP contribution in [0.1, 0.15) is 15.9 Å². The fourth-order valence-corrected chi connectivity index (χ4v) is 2.85. The molecule has 3 rings (SSSR count). The van der Waals surface area contributed by atoms with E-state index in [1.54, 1.807) is 35.2 Å². The zero-order chi connectivity index (χ0) is 19.9. The van der Waals surface area contributed by atoms with Crippen molar-refractivity contribution in [3.8, 4) is 5.75 Å². The number of para-hydroxylation sites is 1. The molecule has 2 aromatic carbocycles. The van der Waals surface area contributed by atoms with Gasteiger partial charge in [-0.15, -0.1) is 0 Å². The molecular weight excluding hydrogens is 363 g/mol. The SMILES string of the molecule is COc1ccc(/C=C/C(=O)Nc2ccccc2C(=O)N2CCOCC2)cc1F. The second kappa shape index (κ2) is 9.14. The largest absolute Gasteiger partial charge is 0.494 e. The molecule has 6 nitrogen and oxygen atoms in total. The number of nitrogens with zero attached hydrogens (tertiary/aromatic N) is 1. The average molecular weight is 384 g/mol. The first-order valence-corrected chi connectivity index (χ1v) is 8.87. The van der Waals surface area contributed by atoms with Crippen molar-refractivity contribution in [1.82, 2.24) is 4.90 Å². The molecule has 2 aromatic rings. The maximum Gasteiger partial charge on any atom is 0.256 e. The lowest BCUT2D eigenvalue weighted by atomic mass is 10.1. The van der Waals surface area contributed by atoms with Crippen LogP contribution in [-0.2, 0) is 9.53 Å². The second-order valence-electron chi connectivity index (χ2n) is 6.17. The van der Waals surface area contributed by atoms with Gasteiger partial charge in [-0.3, -0.25) is 9.59 Å². The molecule has 146 valence electrons. The van der Waals surface area contributed by atoms with Crippen molar-refractivity contribution in [2.75, 3.05) is 38.7 Å². The molecule has 0 saturated carbocycles. The summed E-state index contributed by atoms with van der Waals surface area (Å²) in [6.45, 7) is 2.04. The third-order valence-corrected chi connectivity index (χ3v) is 4.32. The van der Waals surface area contributed by atoms with Crippen molar-refractivity contribution >= 4 is 23.6 Å². The number of carbonyl (C=O) groups excluding carboxylic acids is 2. The molecule has 1 N–H and O–H groups in total. The summed E-state index contributed by atoms with van der Waals surface area (Å²) in [6.07, 6.45) is 2.78. The average Bonchev–Trinajstić information content (AvgIpc) is 2.73. The minimum absolute atomic E-state index is 0.136. The highest BCUT2D eigenvalue weighted by Gasteiger charge is 2.21. The highest BCUT2D eigenvalue weighted by atomic mass is 19.1. The number of hydrogen-bond donors (Lipinski definition) is 1. The van der Waals surface area contributed by atoms with E-state index in [9.17, 15) is 14.0 Å². The predicted molar refractivity (Wildman–Crippen MR) is 104 cm³/mol. The van der Waals surface area contributed by atoms with Gasteiger partial charge < -0.3 is 19.7 Å². The Labute approximate surface area is 162 Å². The molecule has 0 spiro atoms. The van der Waals surface area contributed by atoms with Crippen LogP contribution in [0, 0.1) is 5.82 Å². The van der Waals surface area contributed by atoms with E-state index >= 15 is 0 Å². The zero-order valence-electron chi connectivity index (χ0n) is 15.5. The molecule has 1 saturated heterocycles. The Hall–Kier alpha value is -3.19. The van der Waals surface area contributed by atoms with Gasteiger partial charge in [-0.05, 0) is 35.9 Å². The Morgan fingerprint density at radius 1 is 1.18 bits per heavy atom. The lowest BCUT2D eigenvalue weighted by Crippen LogP contribution is -2.41. The van der Waals surface area contributed by atoms with Crippen LogP contribution >= 0.6 is 0 Å². The van der Waals surface area contributed by atoms with Gasteiger partial charge in [-0.1, -0.05) is 18.2 Å². The Kier molecular flexibility index (Phi) is 6.39. The smallest absolute Gasteiger partial charge is 0.256 e. The molecule has 7 heteroatoms. The Balaban J connectivity index is 1.70. The molecule has 1 fully saturated rings. The summed E-state index contributed by atoms with van der Waals surface area (Å²) >= 11 is 0. The fraction of sp³-hybridized carbons (Fsp3) is 0.238. The molecule has 28 heavy (non-hydrogen) atoms. The molecular formula is C21H21FN2O4. The first-order chi connectivity index (χ1) is 13.6. The zero-order valence-corrected chi connectivity index (χ0v) is 15.5. The van der Waals surface area contributed by atoms with E-state index in [-0.39, 0.29) is 11.7 Å². The first-order valence-electron chi connectivity index (χ1n) is 8.87. The van der Waals surface area contributed by atoms with Gasteiger partial charge in [0.15, 0.2) is 11.6 Å². The molecule has 0 unspecified atom stereocenters. The van der Waals surface area contributed by atoms with Gasteiger partial charge in [0.1, 0.15) is 0 Å². The van der Waals surface area contributed by atoms with Gasteiger partial charge in [-0.2, -0.15) is 0 Å². The van der Waals surface area contributed by atoms with Crippen LogP contribution < -0.4 is 10.1 Å². The van der Waals surface area contributed by atoms with E-state index < -0.39 is 11.7 Å². The van der Waals surface area contributed by atoms with E-state index in [0.717, 1.165) is 0 Å². The summed E-state index contributed by atoms with van der Waals surface area (Å²) in [5.41, 5.74) is 1.36. The van der Waals surface area contributed by atoms with Crippen molar-refractivity contribution in [3.63, 3.8) is 0 Å². The molecule has 2 amide bonds. The highest BCUT2D eigenvalue weighted by Crippen LogP contribution is 2.20. The van der Waals surface area contributed by atoms with Gasteiger partial charge in [0.2, 0.25) is 5.91 Å². The highest BCUT2D eigenvalue weighted by molar-refractivity contribution is 6.07. The number of anilines is 1. The Bertz CT molecular complexity index is 892. The third-order valence-electron chi connectivity index (χ3n) is 4.32. The number of morpholine rings is 1. The van der Waals surface area contributed by atoms with Crippen LogP contribution in [0.15, 0.2) is 48.5 Å². The molecule has 1 aliphatic rings. The minimum Gasteiger partial charge on any atom is -0.494 e. The van der Waals surface area contributed by atoms with Gasteiger partial charge in [0, 0.05) is 19.2 Å². The number of nitrogens with one attached hydrogen (secondary N) is 1. The maximum atomic E-state index is 13.7. The van der Waals surface area contributed by atoms with Crippen molar-refractivity contribution in [3.05, 3.63) is 65.5 Å². The quantitative estimate of drug-likeness (QED) is 0.805. The lowest BCUT2D eigenvalue weighted by Gasteiger charge is -2.27. The predicted octanol–water partition coefficient (Wildman–Crippen LogP) is 2.96. The number of benzene rings is 2. The van der Waals surface area contributed by atoms with Gasteiger partial charge in [-0.25, -0.2) is 4.39 Å². The van der Waals surface area contributed by atoms with E-state index in [1.807, 2.05) is 0 Å². The summed E-state index contributed by atoms with van der Waals surface area (Å²) < 4.78 is 23.9. The lowest BCUT2D eigenvalue weighted by molar-refractivity contribution is -0.111. The van der Waals surface area contributed by atoms with E-state index in [0.29, 0.717) is 43.1 Å². The van der Waals surface area contributed by atoms with Gasteiger partial charge in [0.05, 0.1) is 31.6 Å². The van der Waals surface area contributed by atoms with Crippen molar-refractivity contribution in [2.45, 2.75) is 0 Å². The summed E-state index contributed by atoms with van der Waals surface area (Å²) in [5, 5.41) is 2.72. The van der Waals surface area contributed by atoms with Crippen molar-refractivity contribution in [1.29, 1.82) is 0 Å². The normalized spacial score (nSPS) is 14.1. The second-order valence-corrected chi connectivity index (χ2v) is 6.17. The Morgan fingerprint density at radius 3 is 2.64 bits per heavy atom. The van der Waals surface area contributed by atoms with E-state index in [1.165, 1.54) is 31.4 Å². The minimum atomic E-state index is -0.508. The number of halogens is 1. The molecule has 0 atom stereocenters. The fourth-order valence-electron chi connectivity index (χ4n) is 2.85. The maximum absolute atomic E-state index is 13.7. The van der Waals surface area contributed by atoms with Gasteiger partial charge >= 0.3 is 0 Å². The first kappa shape index (κ1) is 19.6. The van der Waals surface area contributed by atoms with Crippen molar-refractivity contribution in [2.24, 2.45) is 0 Å². The molecule has 0 bridgehead atoms. The molecule has 1 heterocycles. The van der Waals surface area contributed by atoms with Crippen molar-refractivity contribution < 1.29 is 23.5 Å². The number of ether oxygens (including phenoxy) is 2. The molecule has 1 aliphatic heterocycles. The summed E-state index contributed by atoms with van der Waals surface area (Å²) in [4.78, 5) is 26.7. The number of hydrogen-bond acceptors (Lipinski definition) is 4. The number of rotatable bonds is 5. The van der Waals surface area contributed by atoms with Crippen LogP contribution in [0.2, 0.25) is 0 Å². The Morgan fingerprint density at radius 2 is 1.93 bits per heavy atom. The molecule has 0 aromatic heterocycles. The van der Waals surface area contributed by atoms with E-state index in [2.05, 4.69) is 5.32 Å². The van der Waals surface area contributed by atoms with Crippen LogP contribution in [0.4, 0.5) is 10.1 Å². The number of methoxy groups -OCH3 is 1. The topological polar surface area (TPSA) is 67.9 Å². The van der Waals surface area contributed by atoms with Gasteiger partial charge in [0.25, 0.3) is 5.91 Å². The number of carbonyl (C=O) groups is 2. The monoisotopic (exact) mass is 384 g/mol. The number of amides is 2. The van der Waals surface area contributed by atoms with Crippen LogP contribution in [0.3, 0.4) is 0 Å². The van der Waals surface area contributed by atoms with E-state index in [4.69, 9.17) is 9.47 Å². The van der Waals surface area contributed by atoms with Crippen LogP contribution in [0.25, 0.3) is 6.08 Å². The summed E-state index contributed by atoms with van der Waals surface area (Å²) in [5.74, 6) is -0.942. The summed E-state index contributed by atoms with van der Waals surface area (Å²) in [7, 11) is 1.39. The van der Waals surface area contributed by atoms with Crippen LogP contribution in [-0.4, -0.2) is 50.1 Å². The summed E-state index contributed by atoms with van der Waals surface area (Å²) in [6, 6.07) is 11.2. The molecule has 0 aliphatic carbocycles. The third kappa shape index (κ3) is 4.75. The van der Waals surface area contributed by atoms with Crippen LogP contribution in [0.5, 0.6) is 5.75 Å².